The monoisotopic (exact) mass is 700 g/mol. The van der Waals surface area contributed by atoms with Crippen LogP contribution in [-0.2, 0) is 39.9 Å². The van der Waals surface area contributed by atoms with Crippen molar-refractivity contribution >= 4 is 70.0 Å². The van der Waals surface area contributed by atoms with Crippen molar-refractivity contribution in [2.45, 2.75) is 84.2 Å². The molecule has 3 rings (SSSR count). The molecular formula is C25H39ClFN6O8PS2. The number of carbonyl (C=O) groups excluding carboxylic acids is 2. The minimum Gasteiger partial charge on any atom is -0.476 e. The van der Waals surface area contributed by atoms with E-state index in [9.17, 15) is 14.7 Å². The van der Waals surface area contributed by atoms with Crippen LogP contribution in [0.1, 0.15) is 54.7 Å². The fourth-order valence-electron chi connectivity index (χ4n) is 3.84. The van der Waals surface area contributed by atoms with Gasteiger partial charge in [-0.1, -0.05) is 44.1 Å². The zero-order valence-electron chi connectivity index (χ0n) is 25.5. The van der Waals surface area contributed by atoms with E-state index in [1.54, 1.807) is 41.5 Å². The summed E-state index contributed by atoms with van der Waals surface area (Å²) < 4.78 is 45.3. The van der Waals surface area contributed by atoms with Crippen molar-refractivity contribution in [3.05, 3.63) is 6.33 Å². The average molecular weight is 701 g/mol. The van der Waals surface area contributed by atoms with Crippen LogP contribution in [-0.4, -0.2) is 90.8 Å². The summed E-state index contributed by atoms with van der Waals surface area (Å²) in [6.45, 7) is 8.33. The number of rotatable bonds is 14. The summed E-state index contributed by atoms with van der Waals surface area (Å²) in [6.07, 6.45) is -4.02. The molecule has 248 valence electrons. The summed E-state index contributed by atoms with van der Waals surface area (Å²) in [5.41, 5.74) is 5.51. The summed E-state index contributed by atoms with van der Waals surface area (Å²) >= 11 is 12.9. The molecule has 2 aromatic heterocycles. The number of nitrogens with two attached hydrogens (primary N) is 1. The number of hydrogen-bond donors (Lipinski definition) is 3. The molecule has 6 atom stereocenters. The van der Waals surface area contributed by atoms with E-state index in [2.05, 4.69) is 20.0 Å². The molecule has 1 aliphatic heterocycles. The second-order valence-electron chi connectivity index (χ2n) is 11.1. The molecule has 0 aromatic carbocycles. The lowest BCUT2D eigenvalue weighted by Crippen LogP contribution is -2.39. The summed E-state index contributed by atoms with van der Waals surface area (Å²) in [7, 11) is 0. The van der Waals surface area contributed by atoms with E-state index < -0.39 is 54.2 Å². The van der Waals surface area contributed by atoms with E-state index in [0.29, 0.717) is 0 Å². The quantitative estimate of drug-likeness (QED) is 0.113. The number of ether oxygens (including phenoxy) is 3. The topological polar surface area (TPSA) is 182 Å². The van der Waals surface area contributed by atoms with E-state index in [-0.39, 0.29) is 53.2 Å². The molecule has 1 saturated heterocycles. The largest absolute Gasteiger partial charge is 0.476 e. The molecule has 1 fully saturated rings. The standard InChI is InChI=1S/C25H39ClFN6O8PS2/c1-8-37-19-16-18(30-23(28)31-19)33(12-29-16)21-25(26,27)17(34)15(41-21)11-39-42(43,32-14(4)20(35)40-13(2)3)38-9-10-44-22(36)24(5,6)7/h12-15,17,21,34H,8-11H2,1-7H3,(H,32,43)(H2,28,30,31). The highest BCUT2D eigenvalue weighted by atomic mass is 35.5. The number of fused-ring (bicyclic) bond motifs is 1. The molecule has 1 aliphatic rings. The number of aliphatic hydroxyl groups excluding tert-OH is 1. The number of anilines is 1. The van der Waals surface area contributed by atoms with Crippen molar-refractivity contribution in [3.63, 3.8) is 0 Å². The van der Waals surface area contributed by atoms with E-state index >= 15 is 4.39 Å². The fourth-order valence-corrected chi connectivity index (χ4v) is 7.40. The molecule has 2 aromatic rings. The molecule has 3 heterocycles. The van der Waals surface area contributed by atoms with Crippen LogP contribution in [0.2, 0.25) is 0 Å². The zero-order chi connectivity index (χ0) is 33.0. The van der Waals surface area contributed by atoms with Crippen molar-refractivity contribution in [1.29, 1.82) is 0 Å². The number of nitrogens with zero attached hydrogens (tertiary/aromatic N) is 4. The van der Waals surface area contributed by atoms with Gasteiger partial charge in [0.25, 0.3) is 11.8 Å². The van der Waals surface area contributed by atoms with Crippen LogP contribution in [0.25, 0.3) is 11.2 Å². The highest BCUT2D eigenvalue weighted by molar-refractivity contribution is 8.13. The van der Waals surface area contributed by atoms with E-state index in [0.717, 1.165) is 11.8 Å². The smallest absolute Gasteiger partial charge is 0.323 e. The molecule has 0 bridgehead atoms. The van der Waals surface area contributed by atoms with Gasteiger partial charge in [-0.25, -0.2) is 14.5 Å². The number of thioether (sulfide) groups is 1. The Balaban J connectivity index is 1.78. The Morgan fingerprint density at radius 3 is 2.64 bits per heavy atom. The minimum atomic E-state index is -3.51. The van der Waals surface area contributed by atoms with Crippen molar-refractivity contribution in [2.24, 2.45) is 5.41 Å². The maximum Gasteiger partial charge on any atom is 0.323 e. The second-order valence-corrected chi connectivity index (χ2v) is 16.0. The van der Waals surface area contributed by atoms with Gasteiger partial charge in [0.1, 0.15) is 18.2 Å². The normalized spacial score (nSPS) is 24.4. The Hall–Kier alpha value is -1.69. The van der Waals surface area contributed by atoms with E-state index in [4.69, 9.17) is 52.4 Å². The number of aromatic nitrogens is 4. The average Bonchev–Trinajstić information content (AvgIpc) is 3.42. The third-order valence-corrected chi connectivity index (χ3v) is 10.3. The Morgan fingerprint density at radius 2 is 2.02 bits per heavy atom. The number of esters is 1. The second kappa shape index (κ2) is 14.8. The summed E-state index contributed by atoms with van der Waals surface area (Å²) in [6, 6.07) is -0.940. The van der Waals surface area contributed by atoms with E-state index in [1.807, 2.05) is 0 Å². The lowest BCUT2D eigenvalue weighted by Gasteiger charge is -2.28. The third kappa shape index (κ3) is 8.97. The Morgan fingerprint density at radius 1 is 1.34 bits per heavy atom. The van der Waals surface area contributed by atoms with Crippen LogP contribution in [0, 0.1) is 5.41 Å². The van der Waals surface area contributed by atoms with Crippen molar-refractivity contribution in [3.8, 4) is 5.88 Å². The van der Waals surface area contributed by atoms with Crippen LogP contribution in [0.3, 0.4) is 0 Å². The van der Waals surface area contributed by atoms with Crippen LogP contribution in [0.15, 0.2) is 6.33 Å². The van der Waals surface area contributed by atoms with Gasteiger partial charge < -0.3 is 34.1 Å². The number of hydrogen-bond acceptors (Lipinski definition) is 14. The summed E-state index contributed by atoms with van der Waals surface area (Å²) in [5, 5.41) is 10.8. The Labute approximate surface area is 269 Å². The first-order valence-electron chi connectivity index (χ1n) is 13.8. The molecule has 0 saturated carbocycles. The molecule has 44 heavy (non-hydrogen) atoms. The number of nitrogens with one attached hydrogen (secondary N) is 1. The van der Waals surface area contributed by atoms with Gasteiger partial charge in [0, 0.05) is 11.2 Å². The van der Waals surface area contributed by atoms with Gasteiger partial charge in [-0.15, -0.1) is 0 Å². The highest BCUT2D eigenvalue weighted by Crippen LogP contribution is 2.49. The molecule has 0 spiro atoms. The van der Waals surface area contributed by atoms with Crippen molar-refractivity contribution in [1.82, 2.24) is 24.6 Å². The first-order valence-corrected chi connectivity index (χ1v) is 17.8. The number of carbonyl (C=O) groups is 2. The molecule has 0 amide bonds. The third-order valence-electron chi connectivity index (χ3n) is 5.98. The van der Waals surface area contributed by atoms with Crippen LogP contribution < -0.4 is 15.6 Å². The minimum absolute atomic E-state index is 0.00765. The van der Waals surface area contributed by atoms with Gasteiger partial charge in [-0.3, -0.25) is 14.2 Å². The Bertz CT molecular complexity index is 1380. The SMILES string of the molecule is CCOc1nc(N)nc2c1ncn2C1OC(COP(=S)(NC(C)C(=O)OC(C)C)OCCSC(=O)C(C)(C)C)C(O)C1(F)Cl. The van der Waals surface area contributed by atoms with Gasteiger partial charge in [0.05, 0.1) is 32.3 Å². The molecule has 6 unspecified atom stereocenters. The first-order chi connectivity index (χ1) is 20.4. The van der Waals surface area contributed by atoms with Gasteiger partial charge in [0.15, 0.2) is 22.5 Å². The van der Waals surface area contributed by atoms with Crippen LogP contribution in [0.5, 0.6) is 5.88 Å². The number of alkyl halides is 2. The van der Waals surface area contributed by atoms with E-state index in [1.165, 1.54) is 17.8 Å². The van der Waals surface area contributed by atoms with Gasteiger partial charge in [-0.05, 0) is 39.5 Å². The first kappa shape index (κ1) is 36.8. The predicted molar refractivity (Wildman–Crippen MR) is 167 cm³/mol. The zero-order valence-corrected chi connectivity index (χ0v) is 28.8. The van der Waals surface area contributed by atoms with Crippen molar-refractivity contribution < 1.29 is 42.3 Å². The maximum absolute atomic E-state index is 15.9. The number of aliphatic hydroxyl groups is 1. The summed E-state index contributed by atoms with van der Waals surface area (Å²) in [4.78, 5) is 37.1. The van der Waals surface area contributed by atoms with Crippen LogP contribution >= 0.6 is 30.0 Å². The number of nitrogen functional groups attached to an aromatic ring is 1. The van der Waals surface area contributed by atoms with Gasteiger partial charge >= 0.3 is 5.97 Å². The number of halogens is 2. The highest BCUT2D eigenvalue weighted by Gasteiger charge is 2.58. The Kier molecular flexibility index (Phi) is 12.4. The predicted octanol–water partition coefficient (Wildman–Crippen LogP) is 3.46. The molecule has 0 radical (unpaired) electrons. The molecular weight excluding hydrogens is 662 g/mol. The molecule has 19 heteroatoms. The lowest BCUT2D eigenvalue weighted by molar-refractivity contribution is -0.149. The summed E-state index contributed by atoms with van der Waals surface area (Å²) in [5.74, 6) is -0.412. The van der Waals surface area contributed by atoms with Crippen molar-refractivity contribution in [2.75, 3.05) is 31.3 Å². The molecule has 0 aliphatic carbocycles. The number of imidazole rings is 1. The van der Waals surface area contributed by atoms with Gasteiger partial charge in [-0.2, -0.15) is 9.97 Å². The van der Waals surface area contributed by atoms with Crippen LogP contribution in [0.4, 0.5) is 10.3 Å². The molecule has 14 nitrogen and oxygen atoms in total. The lowest BCUT2D eigenvalue weighted by atomic mass is 10.00. The maximum atomic E-state index is 15.9. The van der Waals surface area contributed by atoms with Gasteiger partial charge in [0.2, 0.25) is 11.8 Å². The molecule has 4 N–H and O–H groups in total. The fraction of sp³-hybridized carbons (Fsp3) is 0.720.